The molecule has 5 nitrogen and oxygen atoms in total. The van der Waals surface area contributed by atoms with Crippen molar-refractivity contribution >= 4 is 17.6 Å². The molecule has 5 heteroatoms. The van der Waals surface area contributed by atoms with Gasteiger partial charge in [0.05, 0.1) is 20.6 Å². The Hall–Kier alpha value is -2.04. The number of benzene rings is 1. The van der Waals surface area contributed by atoms with Crippen LogP contribution in [0.15, 0.2) is 18.2 Å². The first-order chi connectivity index (χ1) is 9.49. The molecule has 2 rings (SSSR count). The van der Waals surface area contributed by atoms with Gasteiger partial charge >= 0.3 is 5.97 Å². The summed E-state index contributed by atoms with van der Waals surface area (Å²) in [5, 5.41) is 0. The van der Waals surface area contributed by atoms with Crippen LogP contribution in [0.5, 0.6) is 5.75 Å². The molecule has 1 heterocycles. The van der Waals surface area contributed by atoms with Gasteiger partial charge in [-0.3, -0.25) is 9.59 Å². The molecule has 0 radical (unpaired) electrons. The highest BCUT2D eigenvalue weighted by Gasteiger charge is 2.39. The van der Waals surface area contributed by atoms with Crippen molar-refractivity contribution in [2.75, 3.05) is 19.1 Å². The maximum Gasteiger partial charge on any atom is 0.306 e. The van der Waals surface area contributed by atoms with Gasteiger partial charge in [-0.1, -0.05) is 0 Å². The van der Waals surface area contributed by atoms with Crippen molar-refractivity contribution in [1.29, 1.82) is 0 Å². The fraction of sp³-hybridized carbons (Fsp3) is 0.467. The molecule has 1 amide bonds. The predicted octanol–water partition coefficient (Wildman–Crippen LogP) is 2.10. The molecular weight excluding hydrogens is 258 g/mol. The summed E-state index contributed by atoms with van der Waals surface area (Å²) in [6.45, 7) is 3.48. The fourth-order valence-electron chi connectivity index (χ4n) is 2.83. The molecule has 108 valence electrons. The van der Waals surface area contributed by atoms with E-state index in [9.17, 15) is 9.59 Å². The van der Waals surface area contributed by atoms with Gasteiger partial charge in [0.2, 0.25) is 5.91 Å². The zero-order chi connectivity index (χ0) is 14.9. The van der Waals surface area contributed by atoms with Gasteiger partial charge in [0.1, 0.15) is 5.75 Å². The summed E-state index contributed by atoms with van der Waals surface area (Å²) < 4.78 is 9.98. The Morgan fingerprint density at radius 1 is 1.30 bits per heavy atom. The zero-order valence-electron chi connectivity index (χ0n) is 12.2. The van der Waals surface area contributed by atoms with Crippen molar-refractivity contribution in [1.82, 2.24) is 0 Å². The largest absolute Gasteiger partial charge is 0.497 e. The van der Waals surface area contributed by atoms with E-state index in [1.165, 1.54) is 14.0 Å². The standard InChI is InChI=1S/C15H19NO4/c1-9-12(8-15(18)20-4)13-7-11(19-3)5-6-14(13)16(9)10(2)17/h5-7,9,12H,8H2,1-4H3/t9-,12+/m0/s1. The number of ether oxygens (including phenoxy) is 2. The number of hydrogen-bond donors (Lipinski definition) is 0. The molecule has 0 N–H and O–H groups in total. The van der Waals surface area contributed by atoms with E-state index in [1.807, 2.05) is 25.1 Å². The van der Waals surface area contributed by atoms with Gasteiger partial charge in [0, 0.05) is 24.6 Å². The number of esters is 1. The van der Waals surface area contributed by atoms with Crippen molar-refractivity contribution in [3.05, 3.63) is 23.8 Å². The molecule has 0 aromatic heterocycles. The van der Waals surface area contributed by atoms with E-state index in [4.69, 9.17) is 9.47 Å². The Balaban J connectivity index is 2.45. The van der Waals surface area contributed by atoms with E-state index in [2.05, 4.69) is 0 Å². The predicted molar refractivity (Wildman–Crippen MR) is 75.0 cm³/mol. The monoisotopic (exact) mass is 277 g/mol. The minimum Gasteiger partial charge on any atom is -0.497 e. The van der Waals surface area contributed by atoms with E-state index in [-0.39, 0.29) is 30.3 Å². The molecular formula is C15H19NO4. The second-order valence-electron chi connectivity index (χ2n) is 4.94. The number of fused-ring (bicyclic) bond motifs is 1. The molecule has 1 aliphatic heterocycles. The van der Waals surface area contributed by atoms with Crippen LogP contribution >= 0.6 is 0 Å². The third-order valence-corrected chi connectivity index (χ3v) is 3.84. The van der Waals surface area contributed by atoms with Crippen LogP contribution in [-0.4, -0.2) is 32.1 Å². The van der Waals surface area contributed by atoms with Crippen molar-refractivity contribution in [2.45, 2.75) is 32.2 Å². The molecule has 0 bridgehead atoms. The second-order valence-corrected chi connectivity index (χ2v) is 4.94. The van der Waals surface area contributed by atoms with Gasteiger partial charge in [0.15, 0.2) is 0 Å². The van der Waals surface area contributed by atoms with Crippen LogP contribution < -0.4 is 9.64 Å². The highest BCUT2D eigenvalue weighted by Crippen LogP contribution is 2.44. The average molecular weight is 277 g/mol. The maximum atomic E-state index is 11.9. The Morgan fingerprint density at radius 2 is 2.00 bits per heavy atom. The molecule has 20 heavy (non-hydrogen) atoms. The minimum absolute atomic E-state index is 0.0312. The Morgan fingerprint density at radius 3 is 2.55 bits per heavy atom. The SMILES string of the molecule is COC(=O)C[C@H]1c2cc(OC)ccc2N(C(C)=O)[C@H]1C. The first kappa shape index (κ1) is 14.4. The smallest absolute Gasteiger partial charge is 0.306 e. The van der Waals surface area contributed by atoms with E-state index >= 15 is 0 Å². The first-order valence-electron chi connectivity index (χ1n) is 6.54. The zero-order valence-corrected chi connectivity index (χ0v) is 12.2. The molecule has 1 aliphatic rings. The number of amides is 1. The van der Waals surface area contributed by atoms with E-state index in [0.717, 1.165) is 17.0 Å². The summed E-state index contributed by atoms with van der Waals surface area (Å²) in [5.74, 6) is 0.338. The molecule has 2 atom stereocenters. The number of methoxy groups -OCH3 is 2. The Labute approximate surface area is 118 Å². The van der Waals surface area contributed by atoms with Crippen LogP contribution in [0.25, 0.3) is 0 Å². The summed E-state index contributed by atoms with van der Waals surface area (Å²) >= 11 is 0. The van der Waals surface area contributed by atoms with Gasteiger partial charge in [-0.05, 0) is 30.7 Å². The minimum atomic E-state index is -0.277. The number of hydrogen-bond acceptors (Lipinski definition) is 4. The molecule has 0 saturated heterocycles. The Kier molecular flexibility index (Phi) is 3.97. The number of anilines is 1. The van der Waals surface area contributed by atoms with Crippen LogP contribution in [0.2, 0.25) is 0 Å². The van der Waals surface area contributed by atoms with Crippen LogP contribution in [0, 0.1) is 0 Å². The molecule has 1 aromatic carbocycles. The van der Waals surface area contributed by atoms with Gasteiger partial charge < -0.3 is 14.4 Å². The summed E-state index contributed by atoms with van der Waals surface area (Å²) in [7, 11) is 2.97. The van der Waals surface area contributed by atoms with Crippen LogP contribution in [-0.2, 0) is 14.3 Å². The van der Waals surface area contributed by atoms with Crippen molar-refractivity contribution < 1.29 is 19.1 Å². The highest BCUT2D eigenvalue weighted by molar-refractivity contribution is 5.95. The van der Waals surface area contributed by atoms with Crippen molar-refractivity contribution in [3.63, 3.8) is 0 Å². The van der Waals surface area contributed by atoms with Crippen molar-refractivity contribution in [3.8, 4) is 5.75 Å². The summed E-state index contributed by atoms with van der Waals surface area (Å²) in [5.41, 5.74) is 1.80. The molecule has 0 fully saturated rings. The third-order valence-electron chi connectivity index (χ3n) is 3.84. The number of carbonyl (C=O) groups is 2. The lowest BCUT2D eigenvalue weighted by Crippen LogP contribution is -2.36. The molecule has 0 unspecified atom stereocenters. The van der Waals surface area contributed by atoms with Crippen LogP contribution in [0.3, 0.4) is 0 Å². The van der Waals surface area contributed by atoms with Gasteiger partial charge in [-0.15, -0.1) is 0 Å². The quantitative estimate of drug-likeness (QED) is 0.794. The molecule has 1 aromatic rings. The second kappa shape index (κ2) is 5.53. The fourth-order valence-corrected chi connectivity index (χ4v) is 2.83. The third kappa shape index (κ3) is 2.35. The summed E-state index contributed by atoms with van der Waals surface area (Å²) in [6.07, 6.45) is 0.252. The van der Waals surface area contributed by atoms with Crippen LogP contribution in [0.4, 0.5) is 5.69 Å². The van der Waals surface area contributed by atoms with Gasteiger partial charge in [-0.2, -0.15) is 0 Å². The number of rotatable bonds is 3. The highest BCUT2D eigenvalue weighted by atomic mass is 16.5. The lowest BCUT2D eigenvalue weighted by molar-refractivity contribution is -0.141. The summed E-state index contributed by atoms with van der Waals surface area (Å²) in [6, 6.07) is 5.50. The van der Waals surface area contributed by atoms with E-state index < -0.39 is 0 Å². The molecule has 0 saturated carbocycles. The topological polar surface area (TPSA) is 55.8 Å². The first-order valence-corrected chi connectivity index (χ1v) is 6.54. The average Bonchev–Trinajstić information content (AvgIpc) is 2.70. The lowest BCUT2D eigenvalue weighted by Gasteiger charge is -2.23. The van der Waals surface area contributed by atoms with E-state index in [1.54, 1.807) is 12.0 Å². The van der Waals surface area contributed by atoms with E-state index in [0.29, 0.717) is 0 Å². The number of carbonyl (C=O) groups excluding carboxylic acids is 2. The van der Waals surface area contributed by atoms with Crippen molar-refractivity contribution in [2.24, 2.45) is 0 Å². The van der Waals surface area contributed by atoms with Gasteiger partial charge in [0.25, 0.3) is 0 Å². The van der Waals surface area contributed by atoms with Gasteiger partial charge in [-0.25, -0.2) is 0 Å². The normalized spacial score (nSPS) is 20.5. The maximum absolute atomic E-state index is 11.9. The molecule has 0 aliphatic carbocycles. The summed E-state index contributed by atoms with van der Waals surface area (Å²) in [4.78, 5) is 25.2. The lowest BCUT2D eigenvalue weighted by atomic mass is 9.92. The Bertz CT molecular complexity index is 541. The number of nitrogens with zero attached hydrogens (tertiary/aromatic N) is 1. The van der Waals surface area contributed by atoms with Crippen LogP contribution in [0.1, 0.15) is 31.7 Å². The molecule has 0 spiro atoms.